The minimum atomic E-state index is -0.520. The first-order chi connectivity index (χ1) is 5.68. The van der Waals surface area contributed by atoms with E-state index >= 15 is 0 Å². The first-order valence-corrected chi connectivity index (χ1v) is 5.38. The number of hydrogen-bond donors (Lipinski definition) is 3. The normalized spacial score (nSPS) is 12.0. The Kier molecular flexibility index (Phi) is 6.84. The molecule has 0 spiro atoms. The molecule has 0 atom stereocenters. The smallest absolute Gasteiger partial charge is 0.0633 e. The second-order valence-electron chi connectivity index (χ2n) is 3.00. The molecule has 0 aromatic heterocycles. The molecule has 12 heavy (non-hydrogen) atoms. The van der Waals surface area contributed by atoms with Crippen LogP contribution in [0.1, 0.15) is 13.8 Å². The maximum Gasteiger partial charge on any atom is 0.0633 e. The number of aliphatic hydroxyl groups is 2. The molecule has 0 amide bonds. The molecular formula is C8H19NO2S. The molecule has 0 aliphatic heterocycles. The Morgan fingerprint density at radius 1 is 1.33 bits per heavy atom. The van der Waals surface area contributed by atoms with Crippen molar-refractivity contribution in [2.45, 2.75) is 19.4 Å². The molecule has 0 aromatic rings. The molecule has 0 heterocycles. The fourth-order valence-corrected chi connectivity index (χ4v) is 1.27. The van der Waals surface area contributed by atoms with Crippen molar-refractivity contribution in [2.24, 2.45) is 0 Å². The van der Waals surface area contributed by atoms with Crippen molar-refractivity contribution in [1.29, 1.82) is 0 Å². The van der Waals surface area contributed by atoms with Gasteiger partial charge >= 0.3 is 0 Å². The SMILES string of the molecule is CCSCCNC(C)(CO)CO. The number of aliphatic hydroxyl groups excluding tert-OH is 2. The van der Waals surface area contributed by atoms with Crippen molar-refractivity contribution in [3.63, 3.8) is 0 Å². The molecule has 3 nitrogen and oxygen atoms in total. The second kappa shape index (κ2) is 6.71. The van der Waals surface area contributed by atoms with E-state index in [4.69, 9.17) is 10.2 Å². The van der Waals surface area contributed by atoms with Gasteiger partial charge in [-0.1, -0.05) is 6.92 Å². The lowest BCUT2D eigenvalue weighted by Gasteiger charge is -2.26. The van der Waals surface area contributed by atoms with Crippen LogP contribution in [-0.2, 0) is 0 Å². The Labute approximate surface area is 78.6 Å². The number of nitrogens with one attached hydrogen (secondary N) is 1. The van der Waals surface area contributed by atoms with E-state index in [0.717, 1.165) is 18.1 Å². The highest BCUT2D eigenvalue weighted by atomic mass is 32.2. The zero-order valence-electron chi connectivity index (χ0n) is 7.84. The average molecular weight is 193 g/mol. The van der Waals surface area contributed by atoms with Crippen molar-refractivity contribution in [1.82, 2.24) is 5.32 Å². The van der Waals surface area contributed by atoms with E-state index < -0.39 is 5.54 Å². The molecular weight excluding hydrogens is 174 g/mol. The highest BCUT2D eigenvalue weighted by molar-refractivity contribution is 7.99. The van der Waals surface area contributed by atoms with Gasteiger partial charge in [-0.25, -0.2) is 0 Å². The van der Waals surface area contributed by atoms with Crippen molar-refractivity contribution in [3.8, 4) is 0 Å². The predicted octanol–water partition coefficient (Wildman–Crippen LogP) is 0.0724. The summed E-state index contributed by atoms with van der Waals surface area (Å²) < 4.78 is 0. The first kappa shape index (κ1) is 12.2. The Balaban J connectivity index is 3.45. The Hall–Kier alpha value is 0.230. The molecule has 0 radical (unpaired) electrons. The molecule has 0 saturated heterocycles. The Morgan fingerprint density at radius 2 is 1.92 bits per heavy atom. The minimum absolute atomic E-state index is 0.0275. The summed E-state index contributed by atoms with van der Waals surface area (Å²) >= 11 is 1.84. The van der Waals surface area contributed by atoms with Crippen LogP contribution in [0.25, 0.3) is 0 Å². The molecule has 74 valence electrons. The third-order valence-corrected chi connectivity index (χ3v) is 2.60. The van der Waals surface area contributed by atoms with Crippen LogP contribution in [0.3, 0.4) is 0 Å². The summed E-state index contributed by atoms with van der Waals surface area (Å²) in [6, 6.07) is 0. The lowest BCUT2D eigenvalue weighted by atomic mass is 10.1. The summed E-state index contributed by atoms with van der Waals surface area (Å²) in [5, 5.41) is 20.9. The van der Waals surface area contributed by atoms with Crippen LogP contribution in [0.5, 0.6) is 0 Å². The Morgan fingerprint density at radius 3 is 2.33 bits per heavy atom. The van der Waals surface area contributed by atoms with E-state index in [0.29, 0.717) is 0 Å². The maximum atomic E-state index is 8.91. The van der Waals surface area contributed by atoms with Gasteiger partial charge < -0.3 is 15.5 Å². The first-order valence-electron chi connectivity index (χ1n) is 4.23. The molecule has 0 aliphatic carbocycles. The van der Waals surface area contributed by atoms with Crippen LogP contribution in [0.15, 0.2) is 0 Å². The summed E-state index contributed by atoms with van der Waals surface area (Å²) in [5.41, 5.74) is -0.520. The van der Waals surface area contributed by atoms with Crippen molar-refractivity contribution >= 4 is 11.8 Å². The monoisotopic (exact) mass is 193 g/mol. The Bertz CT molecular complexity index is 107. The number of thioether (sulfide) groups is 1. The van der Waals surface area contributed by atoms with Gasteiger partial charge in [-0.2, -0.15) is 11.8 Å². The van der Waals surface area contributed by atoms with E-state index in [-0.39, 0.29) is 13.2 Å². The number of hydrogen-bond acceptors (Lipinski definition) is 4. The van der Waals surface area contributed by atoms with Crippen LogP contribution in [0.4, 0.5) is 0 Å². The van der Waals surface area contributed by atoms with Crippen molar-refractivity contribution in [3.05, 3.63) is 0 Å². The van der Waals surface area contributed by atoms with Crippen LogP contribution in [-0.4, -0.2) is 47.0 Å². The summed E-state index contributed by atoms with van der Waals surface area (Å²) in [5.74, 6) is 2.13. The predicted molar refractivity (Wildman–Crippen MR) is 53.6 cm³/mol. The van der Waals surface area contributed by atoms with E-state index in [1.165, 1.54) is 0 Å². The summed E-state index contributed by atoms with van der Waals surface area (Å²) in [6.07, 6.45) is 0. The lowest BCUT2D eigenvalue weighted by molar-refractivity contribution is 0.106. The molecule has 0 saturated carbocycles. The zero-order valence-corrected chi connectivity index (χ0v) is 8.65. The largest absolute Gasteiger partial charge is 0.394 e. The zero-order chi connectivity index (χ0) is 9.45. The van der Waals surface area contributed by atoms with Gasteiger partial charge in [0.05, 0.1) is 18.8 Å². The van der Waals surface area contributed by atoms with Crippen molar-refractivity contribution in [2.75, 3.05) is 31.3 Å². The van der Waals surface area contributed by atoms with E-state index in [2.05, 4.69) is 12.2 Å². The summed E-state index contributed by atoms with van der Waals surface area (Å²) in [7, 11) is 0. The average Bonchev–Trinajstić information content (AvgIpc) is 2.12. The van der Waals surface area contributed by atoms with Gasteiger partial charge in [-0.05, 0) is 12.7 Å². The third-order valence-electron chi connectivity index (χ3n) is 1.70. The van der Waals surface area contributed by atoms with Gasteiger partial charge in [0.1, 0.15) is 0 Å². The highest BCUT2D eigenvalue weighted by Crippen LogP contribution is 2.02. The highest BCUT2D eigenvalue weighted by Gasteiger charge is 2.20. The molecule has 0 aliphatic rings. The van der Waals surface area contributed by atoms with Crippen LogP contribution < -0.4 is 5.32 Å². The molecule has 4 heteroatoms. The van der Waals surface area contributed by atoms with Gasteiger partial charge in [0.25, 0.3) is 0 Å². The van der Waals surface area contributed by atoms with Crippen molar-refractivity contribution < 1.29 is 10.2 Å². The molecule has 0 fully saturated rings. The van der Waals surface area contributed by atoms with Crippen LogP contribution >= 0.6 is 11.8 Å². The van der Waals surface area contributed by atoms with E-state index in [9.17, 15) is 0 Å². The molecule has 0 bridgehead atoms. The fraction of sp³-hybridized carbons (Fsp3) is 1.00. The fourth-order valence-electron chi connectivity index (χ4n) is 0.731. The number of rotatable bonds is 7. The summed E-state index contributed by atoms with van der Waals surface area (Å²) in [6.45, 7) is 4.70. The molecule has 0 unspecified atom stereocenters. The standard InChI is InChI=1S/C8H19NO2S/c1-3-12-5-4-9-8(2,6-10)7-11/h9-11H,3-7H2,1-2H3. The third kappa shape index (κ3) is 4.98. The van der Waals surface area contributed by atoms with Gasteiger partial charge in [0, 0.05) is 12.3 Å². The maximum absolute atomic E-state index is 8.91. The lowest BCUT2D eigenvalue weighted by Crippen LogP contribution is -2.49. The van der Waals surface area contributed by atoms with Gasteiger partial charge in [0.2, 0.25) is 0 Å². The summed E-state index contributed by atoms with van der Waals surface area (Å²) in [4.78, 5) is 0. The minimum Gasteiger partial charge on any atom is -0.394 e. The van der Waals surface area contributed by atoms with Crippen LogP contribution in [0.2, 0.25) is 0 Å². The van der Waals surface area contributed by atoms with E-state index in [1.807, 2.05) is 18.7 Å². The van der Waals surface area contributed by atoms with Gasteiger partial charge in [-0.3, -0.25) is 0 Å². The molecule has 0 aromatic carbocycles. The molecule has 0 rings (SSSR count). The van der Waals surface area contributed by atoms with E-state index in [1.54, 1.807) is 0 Å². The molecule has 3 N–H and O–H groups in total. The second-order valence-corrected chi connectivity index (χ2v) is 4.39. The quantitative estimate of drug-likeness (QED) is 0.501. The van der Waals surface area contributed by atoms with Gasteiger partial charge in [-0.15, -0.1) is 0 Å². The van der Waals surface area contributed by atoms with Crippen LogP contribution in [0, 0.1) is 0 Å². The van der Waals surface area contributed by atoms with Gasteiger partial charge in [0.15, 0.2) is 0 Å². The topological polar surface area (TPSA) is 52.5 Å².